The summed E-state index contributed by atoms with van der Waals surface area (Å²) in [5.74, 6) is -1.03. The molecule has 0 aliphatic carbocycles. The molecular formula is C5H6N2O2S. The fourth-order valence-electron chi connectivity index (χ4n) is 0.545. The molecule has 0 unspecified atom stereocenters. The number of aliphatic carboxylic acids is 1. The topological polar surface area (TPSA) is 64.4 Å². The molecule has 0 fully saturated rings. The van der Waals surface area contributed by atoms with Crippen molar-refractivity contribution in [3.8, 4) is 0 Å². The van der Waals surface area contributed by atoms with Gasteiger partial charge in [0.1, 0.15) is 0 Å². The number of thioether (sulfide) groups is 1. The highest BCUT2D eigenvalue weighted by atomic mass is 32.2. The molecule has 54 valence electrons. The van der Waals surface area contributed by atoms with E-state index in [1.165, 1.54) is 16.7 Å². The van der Waals surface area contributed by atoms with Gasteiger partial charge in [-0.3, -0.25) is 5.41 Å². The van der Waals surface area contributed by atoms with Gasteiger partial charge in [-0.05, 0) is 5.41 Å². The van der Waals surface area contributed by atoms with E-state index in [9.17, 15) is 4.79 Å². The molecule has 4 nitrogen and oxygen atoms in total. The Morgan fingerprint density at radius 1 is 1.80 bits per heavy atom. The Kier molecular flexibility index (Phi) is 1.96. The lowest BCUT2D eigenvalue weighted by molar-refractivity contribution is -0.130. The molecule has 0 radical (unpaired) electrons. The summed E-state index contributed by atoms with van der Waals surface area (Å²) in [7, 11) is 0. The molecule has 0 spiro atoms. The molecule has 2 N–H and O–H groups in total. The Morgan fingerprint density at radius 2 is 2.50 bits per heavy atom. The predicted molar refractivity (Wildman–Crippen MR) is 38.8 cm³/mol. The Bertz CT molecular complexity index is 202. The maximum atomic E-state index is 10.2. The quantitative estimate of drug-likeness (QED) is 0.398. The summed E-state index contributed by atoms with van der Waals surface area (Å²) in [5, 5.41) is 17.1. The van der Waals surface area contributed by atoms with Crippen molar-refractivity contribution in [2.75, 3.05) is 5.88 Å². The Labute approximate surface area is 62.0 Å². The van der Waals surface area contributed by atoms with Crippen LogP contribution >= 0.6 is 11.8 Å². The third kappa shape index (κ3) is 1.30. The largest absolute Gasteiger partial charge is 0.475 e. The van der Waals surface area contributed by atoms with E-state index in [2.05, 4.69) is 0 Å². The number of carboxylic acids is 1. The molecular weight excluding hydrogens is 152 g/mol. The van der Waals surface area contributed by atoms with Crippen molar-refractivity contribution < 1.29 is 9.90 Å². The smallest absolute Gasteiger partial charge is 0.371 e. The van der Waals surface area contributed by atoms with E-state index in [1.807, 2.05) is 0 Å². The van der Waals surface area contributed by atoms with Gasteiger partial charge in [-0.25, -0.2) is 4.79 Å². The van der Waals surface area contributed by atoms with Gasteiger partial charge < -0.3 is 10.0 Å². The average molecular weight is 158 g/mol. The van der Waals surface area contributed by atoms with Gasteiger partial charge in [-0.2, -0.15) is 0 Å². The van der Waals surface area contributed by atoms with Gasteiger partial charge in [0.2, 0.25) is 5.84 Å². The van der Waals surface area contributed by atoms with Gasteiger partial charge >= 0.3 is 5.97 Å². The third-order valence-electron chi connectivity index (χ3n) is 1.04. The van der Waals surface area contributed by atoms with E-state index in [0.717, 1.165) is 0 Å². The lowest BCUT2D eigenvalue weighted by Crippen LogP contribution is -2.29. The van der Waals surface area contributed by atoms with Gasteiger partial charge in [0.25, 0.3) is 0 Å². The highest BCUT2D eigenvalue weighted by Crippen LogP contribution is 2.14. The number of nitrogens with one attached hydrogen (secondary N) is 1. The summed E-state index contributed by atoms with van der Waals surface area (Å²) in [6.45, 7) is 0. The third-order valence-corrected chi connectivity index (χ3v) is 1.78. The fourth-order valence-corrected chi connectivity index (χ4v) is 1.24. The van der Waals surface area contributed by atoms with Crippen molar-refractivity contribution in [2.45, 2.75) is 0 Å². The van der Waals surface area contributed by atoms with Crippen LogP contribution in [0.3, 0.4) is 0 Å². The SMILES string of the molecule is N=C(C(=O)O)N1C=CSC1. The zero-order valence-electron chi connectivity index (χ0n) is 5.07. The van der Waals surface area contributed by atoms with Crippen LogP contribution in [0.5, 0.6) is 0 Å². The normalized spacial score (nSPS) is 15.8. The molecule has 0 aromatic heterocycles. The zero-order chi connectivity index (χ0) is 7.56. The van der Waals surface area contributed by atoms with Gasteiger partial charge in [0.05, 0.1) is 5.88 Å². The zero-order valence-corrected chi connectivity index (χ0v) is 5.89. The van der Waals surface area contributed by atoms with E-state index in [-0.39, 0.29) is 5.84 Å². The number of hydrogen-bond acceptors (Lipinski definition) is 3. The Balaban J connectivity index is 2.57. The number of rotatable bonds is 0. The molecule has 1 heterocycles. The van der Waals surface area contributed by atoms with E-state index in [4.69, 9.17) is 10.5 Å². The molecule has 0 bridgehead atoms. The van der Waals surface area contributed by atoms with Crippen LogP contribution in [-0.4, -0.2) is 27.7 Å². The Hall–Kier alpha value is -0.970. The van der Waals surface area contributed by atoms with Gasteiger partial charge in [-0.1, -0.05) is 0 Å². The van der Waals surface area contributed by atoms with E-state index in [0.29, 0.717) is 5.88 Å². The van der Waals surface area contributed by atoms with Gasteiger partial charge in [0, 0.05) is 6.20 Å². The summed E-state index contributed by atoms with van der Waals surface area (Å²) in [5.41, 5.74) is 0. The maximum Gasteiger partial charge on any atom is 0.371 e. The molecule has 0 aromatic carbocycles. The number of carbonyl (C=O) groups is 1. The van der Waals surface area contributed by atoms with Crippen LogP contribution in [0.15, 0.2) is 11.6 Å². The minimum atomic E-state index is -1.19. The number of carboxylic acid groups (broad SMARTS) is 1. The van der Waals surface area contributed by atoms with E-state index >= 15 is 0 Å². The summed E-state index contributed by atoms with van der Waals surface area (Å²) in [6, 6.07) is 0. The second kappa shape index (κ2) is 2.74. The molecule has 1 aliphatic rings. The van der Waals surface area contributed by atoms with Crippen LogP contribution in [0.25, 0.3) is 0 Å². The Morgan fingerprint density at radius 3 is 2.90 bits per heavy atom. The van der Waals surface area contributed by atoms with E-state index in [1.54, 1.807) is 11.6 Å². The highest BCUT2D eigenvalue weighted by molar-refractivity contribution is 8.02. The van der Waals surface area contributed by atoms with Crippen LogP contribution in [-0.2, 0) is 4.79 Å². The molecule has 10 heavy (non-hydrogen) atoms. The predicted octanol–water partition coefficient (Wildman–Crippen LogP) is 0.526. The minimum absolute atomic E-state index is 0.374. The summed E-state index contributed by atoms with van der Waals surface area (Å²) in [6.07, 6.45) is 1.58. The van der Waals surface area contributed by atoms with Gasteiger partial charge in [0.15, 0.2) is 0 Å². The monoisotopic (exact) mass is 158 g/mol. The number of amidine groups is 1. The van der Waals surface area contributed by atoms with Crippen LogP contribution in [0, 0.1) is 5.41 Å². The van der Waals surface area contributed by atoms with Crippen molar-refractivity contribution in [1.29, 1.82) is 5.41 Å². The average Bonchev–Trinajstić information content (AvgIpc) is 2.36. The second-order valence-corrected chi connectivity index (χ2v) is 2.57. The number of nitrogens with zero attached hydrogens (tertiary/aromatic N) is 1. The van der Waals surface area contributed by atoms with Crippen molar-refractivity contribution in [3.05, 3.63) is 11.6 Å². The molecule has 5 heteroatoms. The first-order chi connectivity index (χ1) is 4.72. The van der Waals surface area contributed by atoms with Gasteiger partial charge in [-0.15, -0.1) is 11.8 Å². The first-order valence-corrected chi connectivity index (χ1v) is 3.63. The van der Waals surface area contributed by atoms with Crippen molar-refractivity contribution in [1.82, 2.24) is 4.90 Å². The highest BCUT2D eigenvalue weighted by Gasteiger charge is 2.16. The standard InChI is InChI=1S/C5H6N2O2S/c6-4(5(8)9)7-1-2-10-3-7/h1-2,6H,3H2,(H,8,9). The first kappa shape index (κ1) is 7.14. The number of hydrogen-bond donors (Lipinski definition) is 2. The molecule has 1 rings (SSSR count). The van der Waals surface area contributed by atoms with Crippen LogP contribution in [0.4, 0.5) is 0 Å². The molecule has 0 aromatic rings. The summed E-state index contributed by atoms with van der Waals surface area (Å²) in [4.78, 5) is 11.5. The summed E-state index contributed by atoms with van der Waals surface area (Å²) >= 11 is 1.47. The lowest BCUT2D eigenvalue weighted by atomic mass is 10.5. The van der Waals surface area contributed by atoms with Crippen LogP contribution in [0.1, 0.15) is 0 Å². The molecule has 0 saturated heterocycles. The van der Waals surface area contributed by atoms with Crippen molar-refractivity contribution in [2.24, 2.45) is 0 Å². The minimum Gasteiger partial charge on any atom is -0.475 e. The first-order valence-electron chi connectivity index (χ1n) is 2.58. The van der Waals surface area contributed by atoms with E-state index < -0.39 is 5.97 Å². The summed E-state index contributed by atoms with van der Waals surface area (Å²) < 4.78 is 0. The van der Waals surface area contributed by atoms with Crippen LogP contribution in [0.2, 0.25) is 0 Å². The lowest BCUT2D eigenvalue weighted by Gasteiger charge is -2.10. The van der Waals surface area contributed by atoms with Crippen molar-refractivity contribution >= 4 is 23.6 Å². The second-order valence-electron chi connectivity index (χ2n) is 1.70. The van der Waals surface area contributed by atoms with Crippen molar-refractivity contribution in [3.63, 3.8) is 0 Å². The molecule has 0 atom stereocenters. The molecule has 0 saturated carbocycles. The maximum absolute atomic E-state index is 10.2. The molecule has 1 aliphatic heterocycles. The molecule has 0 amide bonds. The fraction of sp³-hybridized carbons (Fsp3) is 0.200. The van der Waals surface area contributed by atoms with Crippen LogP contribution < -0.4 is 0 Å².